The number of aryl methyl sites for hydroxylation is 2. The summed E-state index contributed by atoms with van der Waals surface area (Å²) in [5, 5.41) is 0. The van der Waals surface area contributed by atoms with E-state index in [-0.39, 0.29) is 5.75 Å². The third kappa shape index (κ3) is 3.46. The molecule has 5 heteroatoms. The van der Waals surface area contributed by atoms with Crippen molar-refractivity contribution in [2.24, 2.45) is 5.73 Å². The van der Waals surface area contributed by atoms with Crippen LogP contribution in [-0.4, -0.2) is 27.3 Å². The van der Waals surface area contributed by atoms with Gasteiger partial charge in [0.15, 0.2) is 9.84 Å². The van der Waals surface area contributed by atoms with Crippen LogP contribution in [-0.2, 0) is 9.84 Å². The van der Waals surface area contributed by atoms with E-state index < -0.39 is 9.84 Å². The maximum atomic E-state index is 12.1. The number of hydrogen-bond donors (Lipinski definition) is 1. The van der Waals surface area contributed by atoms with Crippen LogP contribution < -0.4 is 10.5 Å². The highest BCUT2D eigenvalue weighted by molar-refractivity contribution is 7.91. The van der Waals surface area contributed by atoms with Gasteiger partial charge < -0.3 is 10.5 Å². The summed E-state index contributed by atoms with van der Waals surface area (Å²) in [6.45, 7) is 6.50. The SMILES string of the molecule is CCOc1cc(C)c(S(=O)(=O)CCCN)cc1C. The Balaban J connectivity index is 3.15. The summed E-state index contributed by atoms with van der Waals surface area (Å²) in [5.41, 5.74) is 6.93. The average Bonchev–Trinajstić information content (AvgIpc) is 2.31. The largest absolute Gasteiger partial charge is 0.494 e. The van der Waals surface area contributed by atoms with E-state index in [0.29, 0.717) is 24.5 Å². The van der Waals surface area contributed by atoms with Crippen molar-refractivity contribution in [3.8, 4) is 5.75 Å². The highest BCUT2D eigenvalue weighted by atomic mass is 32.2. The molecule has 0 amide bonds. The third-order valence-electron chi connectivity index (χ3n) is 2.72. The van der Waals surface area contributed by atoms with E-state index in [1.54, 1.807) is 19.1 Å². The van der Waals surface area contributed by atoms with Gasteiger partial charge in [0.05, 0.1) is 17.3 Å². The van der Waals surface area contributed by atoms with Crippen molar-refractivity contribution in [1.29, 1.82) is 0 Å². The molecule has 0 spiro atoms. The quantitative estimate of drug-likeness (QED) is 0.857. The lowest BCUT2D eigenvalue weighted by Gasteiger charge is -2.12. The van der Waals surface area contributed by atoms with Crippen LogP contribution >= 0.6 is 0 Å². The Labute approximate surface area is 109 Å². The summed E-state index contributed by atoms with van der Waals surface area (Å²) >= 11 is 0. The van der Waals surface area contributed by atoms with Gasteiger partial charge in [-0.05, 0) is 57.0 Å². The van der Waals surface area contributed by atoms with E-state index in [0.717, 1.165) is 16.9 Å². The van der Waals surface area contributed by atoms with Crippen LogP contribution in [0.3, 0.4) is 0 Å². The van der Waals surface area contributed by atoms with Crippen molar-refractivity contribution in [1.82, 2.24) is 0 Å². The lowest BCUT2D eigenvalue weighted by Crippen LogP contribution is -2.13. The second kappa shape index (κ2) is 6.20. The first-order valence-electron chi connectivity index (χ1n) is 6.09. The molecule has 0 aliphatic rings. The van der Waals surface area contributed by atoms with Crippen molar-refractivity contribution in [2.75, 3.05) is 18.9 Å². The minimum atomic E-state index is -3.24. The number of benzene rings is 1. The molecule has 0 aromatic heterocycles. The van der Waals surface area contributed by atoms with Crippen LogP contribution in [0.5, 0.6) is 5.75 Å². The first kappa shape index (κ1) is 15.0. The molecule has 1 aromatic carbocycles. The second-order valence-electron chi connectivity index (χ2n) is 4.28. The summed E-state index contributed by atoms with van der Waals surface area (Å²) < 4.78 is 29.7. The second-order valence-corrected chi connectivity index (χ2v) is 6.35. The Morgan fingerprint density at radius 2 is 1.89 bits per heavy atom. The van der Waals surface area contributed by atoms with Gasteiger partial charge in [-0.1, -0.05) is 0 Å². The Bertz CT molecular complexity index is 509. The molecule has 0 radical (unpaired) electrons. The summed E-state index contributed by atoms with van der Waals surface area (Å²) in [5.74, 6) is 0.838. The smallest absolute Gasteiger partial charge is 0.178 e. The summed E-state index contributed by atoms with van der Waals surface area (Å²) in [6, 6.07) is 3.47. The number of ether oxygens (including phenoxy) is 1. The van der Waals surface area contributed by atoms with Crippen LogP contribution in [0.25, 0.3) is 0 Å². The van der Waals surface area contributed by atoms with E-state index in [1.807, 2.05) is 13.8 Å². The van der Waals surface area contributed by atoms with E-state index in [9.17, 15) is 8.42 Å². The van der Waals surface area contributed by atoms with Gasteiger partial charge in [0.1, 0.15) is 5.75 Å². The Morgan fingerprint density at radius 1 is 1.22 bits per heavy atom. The topological polar surface area (TPSA) is 69.4 Å². The fourth-order valence-electron chi connectivity index (χ4n) is 1.79. The summed E-state index contributed by atoms with van der Waals surface area (Å²) in [6.07, 6.45) is 0.480. The van der Waals surface area contributed by atoms with E-state index in [2.05, 4.69) is 0 Å². The summed E-state index contributed by atoms with van der Waals surface area (Å²) in [4.78, 5) is 0.386. The highest BCUT2D eigenvalue weighted by Crippen LogP contribution is 2.26. The normalized spacial score (nSPS) is 11.6. The number of hydrogen-bond acceptors (Lipinski definition) is 4. The van der Waals surface area contributed by atoms with Crippen LogP contribution in [0.15, 0.2) is 17.0 Å². The molecule has 18 heavy (non-hydrogen) atoms. The molecule has 0 aliphatic carbocycles. The van der Waals surface area contributed by atoms with E-state index >= 15 is 0 Å². The van der Waals surface area contributed by atoms with Gasteiger partial charge >= 0.3 is 0 Å². The molecule has 4 nitrogen and oxygen atoms in total. The lowest BCUT2D eigenvalue weighted by atomic mass is 10.1. The molecule has 0 aliphatic heterocycles. The van der Waals surface area contributed by atoms with Gasteiger partial charge in [0.25, 0.3) is 0 Å². The Morgan fingerprint density at radius 3 is 2.44 bits per heavy atom. The van der Waals surface area contributed by atoms with E-state index in [1.165, 1.54) is 0 Å². The summed E-state index contributed by atoms with van der Waals surface area (Å²) in [7, 11) is -3.24. The van der Waals surface area contributed by atoms with E-state index in [4.69, 9.17) is 10.5 Å². The zero-order valence-electron chi connectivity index (χ0n) is 11.2. The molecule has 0 bridgehead atoms. The maximum Gasteiger partial charge on any atom is 0.178 e. The number of sulfone groups is 1. The molecule has 0 atom stereocenters. The lowest BCUT2D eigenvalue weighted by molar-refractivity contribution is 0.337. The molecule has 1 rings (SSSR count). The minimum absolute atomic E-state index is 0.0950. The number of rotatable bonds is 6. The third-order valence-corrected chi connectivity index (χ3v) is 4.66. The van der Waals surface area contributed by atoms with Gasteiger partial charge in [-0.15, -0.1) is 0 Å². The maximum absolute atomic E-state index is 12.1. The molecule has 102 valence electrons. The molecule has 1 aromatic rings. The van der Waals surface area contributed by atoms with Crippen molar-refractivity contribution in [3.63, 3.8) is 0 Å². The van der Waals surface area contributed by atoms with Gasteiger partial charge in [-0.25, -0.2) is 8.42 Å². The first-order valence-corrected chi connectivity index (χ1v) is 7.74. The molecule has 0 saturated heterocycles. The number of nitrogens with two attached hydrogens (primary N) is 1. The molecular formula is C13H21NO3S. The molecule has 0 saturated carbocycles. The molecule has 0 unspecified atom stereocenters. The standard InChI is InChI=1S/C13H21NO3S/c1-4-17-12-8-11(3)13(9-10(12)2)18(15,16)7-5-6-14/h8-9H,4-7,14H2,1-3H3. The molecular weight excluding hydrogens is 250 g/mol. The minimum Gasteiger partial charge on any atom is -0.494 e. The van der Waals surface area contributed by atoms with Crippen molar-refractivity contribution in [3.05, 3.63) is 23.3 Å². The van der Waals surface area contributed by atoms with Crippen LogP contribution in [0.2, 0.25) is 0 Å². The van der Waals surface area contributed by atoms with Gasteiger partial charge in [-0.3, -0.25) is 0 Å². The monoisotopic (exact) mass is 271 g/mol. The van der Waals surface area contributed by atoms with Crippen LogP contribution in [0, 0.1) is 13.8 Å². The van der Waals surface area contributed by atoms with Gasteiger partial charge in [0.2, 0.25) is 0 Å². The molecule has 0 heterocycles. The Hall–Kier alpha value is -1.07. The predicted molar refractivity (Wildman–Crippen MR) is 72.8 cm³/mol. The fourth-order valence-corrected chi connectivity index (χ4v) is 3.47. The van der Waals surface area contributed by atoms with Crippen molar-refractivity contribution >= 4 is 9.84 Å². The zero-order valence-corrected chi connectivity index (χ0v) is 12.0. The van der Waals surface area contributed by atoms with Crippen LogP contribution in [0.1, 0.15) is 24.5 Å². The Kier molecular flexibility index (Phi) is 5.16. The fraction of sp³-hybridized carbons (Fsp3) is 0.538. The predicted octanol–water partition coefficient (Wildman–Crippen LogP) is 1.82. The van der Waals surface area contributed by atoms with Gasteiger partial charge in [-0.2, -0.15) is 0 Å². The zero-order chi connectivity index (χ0) is 13.8. The van der Waals surface area contributed by atoms with Crippen LogP contribution in [0.4, 0.5) is 0 Å². The molecule has 2 N–H and O–H groups in total. The highest BCUT2D eigenvalue weighted by Gasteiger charge is 2.18. The van der Waals surface area contributed by atoms with Gasteiger partial charge in [0, 0.05) is 0 Å². The first-order chi connectivity index (χ1) is 8.42. The van der Waals surface area contributed by atoms with Crippen molar-refractivity contribution in [2.45, 2.75) is 32.1 Å². The van der Waals surface area contributed by atoms with Crippen molar-refractivity contribution < 1.29 is 13.2 Å². The average molecular weight is 271 g/mol. The molecule has 0 fully saturated rings.